The quantitative estimate of drug-likeness (QED) is 0.160. The molecular formula is C33H35ClN4O5S. The molecule has 5 rings (SSSR count). The first-order valence-electron chi connectivity index (χ1n) is 14.4. The van der Waals surface area contributed by atoms with E-state index >= 15 is 0 Å². The van der Waals surface area contributed by atoms with Crippen LogP contribution >= 0.6 is 11.6 Å². The van der Waals surface area contributed by atoms with Gasteiger partial charge in [-0.2, -0.15) is 0 Å². The van der Waals surface area contributed by atoms with Gasteiger partial charge in [0.2, 0.25) is 15.9 Å². The average molecular weight is 635 g/mol. The smallest absolute Gasteiger partial charge is 0.281 e. The summed E-state index contributed by atoms with van der Waals surface area (Å²) in [5, 5.41) is 5.18. The summed E-state index contributed by atoms with van der Waals surface area (Å²) in [6.45, 7) is 4.12. The number of carbonyl (C=O) groups is 2. The van der Waals surface area contributed by atoms with Crippen molar-refractivity contribution in [2.24, 2.45) is 7.05 Å². The normalized spacial score (nSPS) is 11.6. The maximum Gasteiger partial charge on any atom is 0.281 e. The summed E-state index contributed by atoms with van der Waals surface area (Å²) in [6.07, 6.45) is 3.10. The molecular weight excluding hydrogens is 600 g/mol. The molecule has 0 aliphatic heterocycles. The van der Waals surface area contributed by atoms with Gasteiger partial charge in [0.15, 0.2) is 0 Å². The van der Waals surface area contributed by atoms with E-state index in [0.717, 1.165) is 44.2 Å². The zero-order valence-corrected chi connectivity index (χ0v) is 26.4. The zero-order chi connectivity index (χ0) is 31.4. The van der Waals surface area contributed by atoms with Crippen molar-refractivity contribution in [3.05, 3.63) is 99.8 Å². The molecule has 0 spiro atoms. The van der Waals surface area contributed by atoms with Crippen LogP contribution in [0.15, 0.2) is 66.9 Å². The molecule has 0 saturated carbocycles. The van der Waals surface area contributed by atoms with E-state index in [4.69, 9.17) is 16.3 Å². The molecule has 9 nitrogen and oxygen atoms in total. The van der Waals surface area contributed by atoms with Crippen molar-refractivity contribution in [2.75, 3.05) is 18.9 Å². The number of aromatic amines is 1. The number of amides is 2. The van der Waals surface area contributed by atoms with Crippen LogP contribution in [0.25, 0.3) is 21.8 Å². The fourth-order valence-electron chi connectivity index (χ4n) is 5.45. The average Bonchev–Trinajstić information content (AvgIpc) is 3.51. The Hall–Kier alpha value is -4.28. The van der Waals surface area contributed by atoms with E-state index < -0.39 is 21.7 Å². The van der Waals surface area contributed by atoms with E-state index in [1.807, 2.05) is 92.3 Å². The number of para-hydroxylation sites is 2. The van der Waals surface area contributed by atoms with Gasteiger partial charge in [-0.15, -0.1) is 0 Å². The summed E-state index contributed by atoms with van der Waals surface area (Å²) in [5.74, 6) is -0.768. The second kappa shape index (κ2) is 13.2. The van der Waals surface area contributed by atoms with Gasteiger partial charge in [-0.3, -0.25) is 9.59 Å². The highest BCUT2D eigenvalue weighted by atomic mass is 35.5. The summed E-state index contributed by atoms with van der Waals surface area (Å²) in [4.78, 5) is 28.9. The topological polar surface area (TPSA) is 122 Å². The van der Waals surface area contributed by atoms with Crippen molar-refractivity contribution in [3.63, 3.8) is 0 Å². The maximum atomic E-state index is 13.2. The van der Waals surface area contributed by atoms with E-state index in [2.05, 4.69) is 15.0 Å². The lowest BCUT2D eigenvalue weighted by molar-refractivity contribution is -0.120. The second-order valence-corrected chi connectivity index (χ2v) is 13.1. The highest BCUT2D eigenvalue weighted by Crippen LogP contribution is 2.27. The third kappa shape index (κ3) is 7.09. The van der Waals surface area contributed by atoms with Gasteiger partial charge in [0.25, 0.3) is 5.91 Å². The monoisotopic (exact) mass is 634 g/mol. The van der Waals surface area contributed by atoms with Gasteiger partial charge in [-0.05, 0) is 73.2 Å². The number of nitrogens with one attached hydrogen (secondary N) is 3. The van der Waals surface area contributed by atoms with Gasteiger partial charge >= 0.3 is 0 Å². The molecule has 0 atom stereocenters. The van der Waals surface area contributed by atoms with E-state index in [0.29, 0.717) is 30.0 Å². The Kier molecular flexibility index (Phi) is 9.31. The third-order valence-electron chi connectivity index (χ3n) is 7.56. The second-order valence-electron chi connectivity index (χ2n) is 10.9. The number of carbonyl (C=O) groups excluding carboxylic acids is 2. The summed E-state index contributed by atoms with van der Waals surface area (Å²) in [5.41, 5.74) is 5.36. The predicted molar refractivity (Wildman–Crippen MR) is 174 cm³/mol. The minimum absolute atomic E-state index is 0.118. The van der Waals surface area contributed by atoms with Crippen LogP contribution < -0.4 is 14.8 Å². The number of aryl methyl sites for hydroxylation is 4. The number of sulfonamides is 1. The molecule has 2 heterocycles. The zero-order valence-electron chi connectivity index (χ0n) is 24.9. The van der Waals surface area contributed by atoms with E-state index in [-0.39, 0.29) is 24.6 Å². The number of hydrogen-bond acceptors (Lipinski definition) is 5. The number of halogens is 1. The van der Waals surface area contributed by atoms with Crippen molar-refractivity contribution >= 4 is 55.2 Å². The molecule has 0 unspecified atom stereocenters. The number of ether oxygens (including phenoxy) is 1. The lowest BCUT2D eigenvalue weighted by Crippen LogP contribution is -2.38. The van der Waals surface area contributed by atoms with Gasteiger partial charge in [0, 0.05) is 46.6 Å². The summed E-state index contributed by atoms with van der Waals surface area (Å²) < 4.78 is 35.7. The molecule has 11 heteroatoms. The van der Waals surface area contributed by atoms with Crippen LogP contribution in [0.4, 0.5) is 0 Å². The Labute approximate surface area is 261 Å². The number of hydrogen-bond donors (Lipinski definition) is 3. The Morgan fingerprint density at radius 1 is 1.00 bits per heavy atom. The van der Waals surface area contributed by atoms with Crippen molar-refractivity contribution < 1.29 is 22.7 Å². The Bertz CT molecular complexity index is 1940. The van der Waals surface area contributed by atoms with E-state index in [1.54, 1.807) is 0 Å². The number of aromatic nitrogens is 2. The molecule has 2 aromatic heterocycles. The number of H-pyrrole nitrogens is 1. The molecule has 0 aliphatic rings. The van der Waals surface area contributed by atoms with Gasteiger partial charge in [0.05, 0.1) is 18.8 Å². The molecule has 2 amide bonds. The molecule has 3 N–H and O–H groups in total. The van der Waals surface area contributed by atoms with Crippen LogP contribution in [0.1, 0.15) is 39.2 Å². The Morgan fingerprint density at radius 2 is 1.68 bits per heavy atom. The molecule has 3 aromatic carbocycles. The largest absolute Gasteiger partial charge is 0.494 e. The third-order valence-corrected chi connectivity index (χ3v) is 9.40. The van der Waals surface area contributed by atoms with Crippen LogP contribution in [0.2, 0.25) is 5.02 Å². The standard InChI is InChI=1S/C33H35ClN4O5S/c1-21-17-24(18-22(2)31(21)34)43-15-8-11-27-26-10-4-6-12-28(26)36-32(27)33(40)37-44(41,42)16-14-35-30(39)19-23-20-38(3)29-13-7-5-9-25(23)29/h4-7,9-10,12-13,17-18,20,36H,8,11,14-16,19H2,1-3H3,(H,35,39)(H,37,40). The van der Waals surface area contributed by atoms with Gasteiger partial charge in [-0.1, -0.05) is 48.0 Å². The molecule has 0 bridgehead atoms. The first-order chi connectivity index (χ1) is 21.0. The Balaban J connectivity index is 1.18. The molecule has 44 heavy (non-hydrogen) atoms. The molecule has 0 saturated heterocycles. The first kappa shape index (κ1) is 31.2. The predicted octanol–water partition coefficient (Wildman–Crippen LogP) is 5.36. The number of rotatable bonds is 12. The van der Waals surface area contributed by atoms with Crippen molar-refractivity contribution in [2.45, 2.75) is 33.1 Å². The van der Waals surface area contributed by atoms with Crippen LogP contribution in [0, 0.1) is 13.8 Å². The maximum absolute atomic E-state index is 13.2. The summed E-state index contributed by atoms with van der Waals surface area (Å²) >= 11 is 6.26. The molecule has 5 aromatic rings. The van der Waals surface area contributed by atoms with Crippen molar-refractivity contribution in [1.82, 2.24) is 19.6 Å². The SMILES string of the molecule is Cc1cc(OCCCc2c(C(=O)NS(=O)(=O)CCNC(=O)Cc3cn(C)c4ccccc34)[nH]c3ccccc23)cc(C)c1Cl. The lowest BCUT2D eigenvalue weighted by atomic mass is 10.1. The number of fused-ring (bicyclic) bond motifs is 2. The molecule has 0 radical (unpaired) electrons. The summed E-state index contributed by atoms with van der Waals surface area (Å²) in [6, 6.07) is 19.0. The highest BCUT2D eigenvalue weighted by molar-refractivity contribution is 7.90. The minimum Gasteiger partial charge on any atom is -0.494 e. The van der Waals surface area contributed by atoms with E-state index in [9.17, 15) is 18.0 Å². The van der Waals surface area contributed by atoms with Crippen molar-refractivity contribution in [3.8, 4) is 5.75 Å². The molecule has 0 aliphatic carbocycles. The fraction of sp³-hybridized carbons (Fsp3) is 0.273. The van der Waals surface area contributed by atoms with Crippen molar-refractivity contribution in [1.29, 1.82) is 0 Å². The van der Waals surface area contributed by atoms with Gasteiger partial charge in [0.1, 0.15) is 11.4 Å². The number of nitrogens with zero attached hydrogens (tertiary/aromatic N) is 1. The van der Waals surface area contributed by atoms with Crippen LogP contribution in [0.5, 0.6) is 5.75 Å². The lowest BCUT2D eigenvalue weighted by Gasteiger charge is -2.11. The van der Waals surface area contributed by atoms with Gasteiger partial charge < -0.3 is 19.6 Å². The fourth-order valence-corrected chi connectivity index (χ4v) is 6.42. The van der Waals surface area contributed by atoms with E-state index in [1.165, 1.54) is 0 Å². The first-order valence-corrected chi connectivity index (χ1v) is 16.4. The molecule has 0 fully saturated rings. The van der Waals surface area contributed by atoms with Gasteiger partial charge in [-0.25, -0.2) is 13.1 Å². The van der Waals surface area contributed by atoms with Crippen LogP contribution in [-0.4, -0.2) is 48.7 Å². The number of benzene rings is 3. The molecule has 230 valence electrons. The highest BCUT2D eigenvalue weighted by Gasteiger charge is 2.22. The Morgan fingerprint density at radius 3 is 2.43 bits per heavy atom. The summed E-state index contributed by atoms with van der Waals surface area (Å²) in [7, 11) is -2.12. The van der Waals surface area contributed by atoms with Crippen LogP contribution in [0.3, 0.4) is 0 Å². The van der Waals surface area contributed by atoms with Crippen LogP contribution in [-0.2, 0) is 34.7 Å². The minimum atomic E-state index is -4.03.